The van der Waals surface area contributed by atoms with Gasteiger partial charge in [0.15, 0.2) is 0 Å². The van der Waals surface area contributed by atoms with Crippen molar-refractivity contribution < 1.29 is 34.1 Å². The SMILES string of the molecule is C=C1CC23C[C@]1(O)CC[C@H]2C12C=C[C@H](OC(C)=O)[C@](C)(C(=O)O1)[C@@H]2[C@@H]3C(=O)O. The maximum atomic E-state index is 13.0. The average Bonchev–Trinajstić information content (AvgIpc) is 3.00. The van der Waals surface area contributed by atoms with E-state index in [-0.39, 0.29) is 5.92 Å². The van der Waals surface area contributed by atoms with Crippen LogP contribution in [0.2, 0.25) is 0 Å². The molecule has 0 amide bonds. The number of aliphatic hydroxyl groups is 1. The van der Waals surface area contributed by atoms with Crippen LogP contribution in [0, 0.1) is 28.6 Å². The third-order valence-electron chi connectivity index (χ3n) is 8.38. The lowest BCUT2D eigenvalue weighted by Crippen LogP contribution is -2.52. The van der Waals surface area contributed by atoms with Crippen LogP contribution in [-0.2, 0) is 23.9 Å². The van der Waals surface area contributed by atoms with Gasteiger partial charge in [0.2, 0.25) is 0 Å². The first-order valence-electron chi connectivity index (χ1n) is 9.75. The lowest BCUT2D eigenvalue weighted by Gasteiger charge is -2.44. The van der Waals surface area contributed by atoms with Gasteiger partial charge in [-0.2, -0.15) is 0 Å². The Hall–Kier alpha value is -2.15. The van der Waals surface area contributed by atoms with Crippen LogP contribution >= 0.6 is 0 Å². The zero-order valence-corrected chi connectivity index (χ0v) is 15.9. The van der Waals surface area contributed by atoms with Gasteiger partial charge in [0.25, 0.3) is 0 Å². The number of carbonyl (C=O) groups excluding carboxylic acids is 2. The Kier molecular flexibility index (Phi) is 3.12. The van der Waals surface area contributed by atoms with E-state index in [1.165, 1.54) is 6.92 Å². The van der Waals surface area contributed by atoms with Crippen molar-refractivity contribution in [3.05, 3.63) is 24.3 Å². The fourth-order valence-electron chi connectivity index (χ4n) is 7.46. The average molecular weight is 388 g/mol. The lowest BCUT2D eigenvalue weighted by molar-refractivity contribution is -0.167. The van der Waals surface area contributed by atoms with Crippen LogP contribution in [0.3, 0.4) is 0 Å². The van der Waals surface area contributed by atoms with Gasteiger partial charge >= 0.3 is 17.9 Å². The first-order valence-corrected chi connectivity index (χ1v) is 9.75. The van der Waals surface area contributed by atoms with Gasteiger partial charge in [0.1, 0.15) is 17.1 Å². The van der Waals surface area contributed by atoms with E-state index < -0.39 is 57.9 Å². The van der Waals surface area contributed by atoms with Gasteiger partial charge in [-0.1, -0.05) is 6.58 Å². The summed E-state index contributed by atoms with van der Waals surface area (Å²) in [6.45, 7) is 6.96. The number of carboxylic acids is 1. The Morgan fingerprint density at radius 3 is 2.75 bits per heavy atom. The van der Waals surface area contributed by atoms with Gasteiger partial charge in [-0.25, -0.2) is 0 Å². The molecule has 1 aliphatic heterocycles. The number of carbonyl (C=O) groups is 3. The van der Waals surface area contributed by atoms with E-state index in [1.54, 1.807) is 19.1 Å². The molecule has 0 aromatic rings. The highest BCUT2D eigenvalue weighted by Gasteiger charge is 2.84. The Morgan fingerprint density at radius 1 is 1.39 bits per heavy atom. The van der Waals surface area contributed by atoms with Crippen LogP contribution in [-0.4, -0.2) is 45.4 Å². The monoisotopic (exact) mass is 388 g/mol. The molecule has 1 saturated heterocycles. The number of hydrogen-bond acceptors (Lipinski definition) is 6. The Labute approximate surface area is 162 Å². The molecule has 1 spiro atoms. The zero-order valence-electron chi connectivity index (χ0n) is 15.9. The second-order valence-electron chi connectivity index (χ2n) is 9.52. The second kappa shape index (κ2) is 4.87. The van der Waals surface area contributed by atoms with E-state index in [0.29, 0.717) is 31.3 Å². The molecule has 3 saturated carbocycles. The molecule has 0 aromatic heterocycles. The van der Waals surface area contributed by atoms with Crippen LogP contribution < -0.4 is 0 Å². The molecule has 7 heteroatoms. The van der Waals surface area contributed by atoms with Crippen molar-refractivity contribution in [2.45, 2.75) is 56.8 Å². The van der Waals surface area contributed by atoms with Crippen LogP contribution in [0.15, 0.2) is 24.3 Å². The minimum Gasteiger partial charge on any atom is -0.481 e. The molecule has 150 valence electrons. The minimum atomic E-state index is -1.28. The quantitative estimate of drug-likeness (QED) is 0.546. The van der Waals surface area contributed by atoms with Gasteiger partial charge in [-0.05, 0) is 55.7 Å². The van der Waals surface area contributed by atoms with E-state index in [4.69, 9.17) is 9.47 Å². The molecular weight excluding hydrogens is 364 g/mol. The van der Waals surface area contributed by atoms with Crippen molar-refractivity contribution in [1.82, 2.24) is 0 Å². The van der Waals surface area contributed by atoms with Crippen LogP contribution in [0.25, 0.3) is 0 Å². The number of rotatable bonds is 2. The number of fused-ring (bicyclic) bond motifs is 1. The van der Waals surface area contributed by atoms with E-state index >= 15 is 0 Å². The number of carboxylic acid groups (broad SMARTS) is 1. The summed E-state index contributed by atoms with van der Waals surface area (Å²) in [5, 5.41) is 21.3. The molecule has 4 bridgehead atoms. The maximum absolute atomic E-state index is 13.0. The molecule has 2 unspecified atom stereocenters. The molecule has 0 radical (unpaired) electrons. The molecule has 1 heterocycles. The number of aliphatic carboxylic acids is 1. The fourth-order valence-corrected chi connectivity index (χ4v) is 7.46. The van der Waals surface area contributed by atoms with E-state index in [2.05, 4.69) is 6.58 Å². The van der Waals surface area contributed by atoms with Gasteiger partial charge < -0.3 is 19.7 Å². The summed E-state index contributed by atoms with van der Waals surface area (Å²) in [6.07, 6.45) is 4.34. The summed E-state index contributed by atoms with van der Waals surface area (Å²) in [5.41, 5.74) is -3.44. The first kappa shape index (κ1) is 17.9. The van der Waals surface area contributed by atoms with Crippen molar-refractivity contribution in [1.29, 1.82) is 0 Å². The van der Waals surface area contributed by atoms with Crippen molar-refractivity contribution in [3.8, 4) is 0 Å². The predicted molar refractivity (Wildman–Crippen MR) is 94.7 cm³/mol. The van der Waals surface area contributed by atoms with Crippen LogP contribution in [0.5, 0.6) is 0 Å². The predicted octanol–water partition coefficient (Wildman–Crippen LogP) is 1.60. The summed E-state index contributed by atoms with van der Waals surface area (Å²) in [7, 11) is 0. The van der Waals surface area contributed by atoms with Crippen molar-refractivity contribution >= 4 is 17.9 Å². The van der Waals surface area contributed by atoms with Gasteiger partial charge in [-0.3, -0.25) is 14.4 Å². The highest BCUT2D eigenvalue weighted by atomic mass is 16.6. The summed E-state index contributed by atoms with van der Waals surface area (Å²) in [5.74, 6) is -3.84. The van der Waals surface area contributed by atoms with Gasteiger partial charge in [-0.15, -0.1) is 0 Å². The van der Waals surface area contributed by atoms with Crippen molar-refractivity contribution in [2.24, 2.45) is 28.6 Å². The van der Waals surface area contributed by atoms with E-state index in [0.717, 1.165) is 0 Å². The number of hydrogen-bond donors (Lipinski definition) is 2. The van der Waals surface area contributed by atoms with Gasteiger partial charge in [0.05, 0.1) is 11.5 Å². The van der Waals surface area contributed by atoms with Crippen molar-refractivity contribution in [2.75, 3.05) is 0 Å². The Morgan fingerprint density at radius 2 is 2.11 bits per heavy atom. The number of ether oxygens (including phenoxy) is 2. The maximum Gasteiger partial charge on any atom is 0.317 e. The molecule has 2 N–H and O–H groups in total. The van der Waals surface area contributed by atoms with Gasteiger partial charge in [0, 0.05) is 18.8 Å². The van der Waals surface area contributed by atoms with Crippen LogP contribution in [0.4, 0.5) is 0 Å². The molecule has 7 nitrogen and oxygen atoms in total. The standard InChI is InChI=1S/C21H24O7/c1-10-8-19-9-20(10,26)6-4-12(19)21-7-5-13(27-11(2)22)18(3,17(25)28-21)15(21)14(19)16(23)24/h5,7,12-15,26H,1,4,6,8-9H2,2-3H3,(H,23,24)/t12-,13+,14-,15+,18+,19?,20-,21?/m1/s1. The summed E-state index contributed by atoms with van der Waals surface area (Å²) in [4.78, 5) is 37.3. The molecule has 4 fully saturated rings. The zero-order chi connectivity index (χ0) is 20.3. The molecule has 28 heavy (non-hydrogen) atoms. The topological polar surface area (TPSA) is 110 Å². The number of esters is 2. The fraction of sp³-hybridized carbons (Fsp3) is 0.667. The molecule has 5 rings (SSSR count). The molecule has 5 aliphatic rings. The molecule has 0 aromatic carbocycles. The highest BCUT2D eigenvalue weighted by molar-refractivity contribution is 5.87. The molecule has 8 atom stereocenters. The third-order valence-corrected chi connectivity index (χ3v) is 8.38. The van der Waals surface area contributed by atoms with Crippen molar-refractivity contribution in [3.63, 3.8) is 0 Å². The second-order valence-corrected chi connectivity index (χ2v) is 9.52. The molecular formula is C21H24O7. The normalized spacial score (nSPS) is 52.8. The van der Waals surface area contributed by atoms with E-state index in [1.807, 2.05) is 0 Å². The smallest absolute Gasteiger partial charge is 0.317 e. The summed E-state index contributed by atoms with van der Waals surface area (Å²) >= 11 is 0. The highest BCUT2D eigenvalue weighted by Crippen LogP contribution is 2.77. The lowest BCUT2D eigenvalue weighted by atomic mass is 9.61. The molecule has 4 aliphatic carbocycles. The van der Waals surface area contributed by atoms with Crippen LogP contribution in [0.1, 0.15) is 39.5 Å². The van der Waals surface area contributed by atoms with E-state index in [9.17, 15) is 24.6 Å². The largest absolute Gasteiger partial charge is 0.481 e. The third kappa shape index (κ3) is 1.69. The Balaban J connectivity index is 1.73. The first-order chi connectivity index (χ1) is 13.0. The Bertz CT molecular complexity index is 876. The minimum absolute atomic E-state index is 0.217. The summed E-state index contributed by atoms with van der Waals surface area (Å²) in [6, 6.07) is 0. The summed E-state index contributed by atoms with van der Waals surface area (Å²) < 4.78 is 11.4.